The molecule has 4 heterocycles. The van der Waals surface area contributed by atoms with E-state index in [0.29, 0.717) is 0 Å². The zero-order chi connectivity index (χ0) is 31.4. The van der Waals surface area contributed by atoms with Crippen molar-refractivity contribution >= 4 is 20.0 Å². The number of hydrogen-bond donors (Lipinski definition) is 2. The van der Waals surface area contributed by atoms with Crippen LogP contribution in [0.4, 0.5) is 0 Å². The van der Waals surface area contributed by atoms with Crippen LogP contribution in [0.1, 0.15) is 64.5 Å². The molecule has 0 radical (unpaired) electrons. The van der Waals surface area contributed by atoms with Gasteiger partial charge in [0.2, 0.25) is 0 Å². The van der Waals surface area contributed by atoms with Gasteiger partial charge in [0.05, 0.1) is 12.5 Å². The molecular formula is C25H32N4O12P+. The number of aryl methyl sites for hydroxylation is 2. The third-order valence-electron chi connectivity index (χ3n) is 6.80. The van der Waals surface area contributed by atoms with Crippen molar-refractivity contribution in [3.63, 3.8) is 0 Å². The fraction of sp³-hybridized carbons (Fsp3) is 0.600. The summed E-state index contributed by atoms with van der Waals surface area (Å²) in [5.41, 5.74) is -2.04. The number of carbonyl (C=O) groups excluding carboxylic acids is 2. The molecule has 228 valence electrons. The molecule has 17 heteroatoms. The van der Waals surface area contributed by atoms with Crippen molar-refractivity contribution in [1.29, 1.82) is 0 Å². The van der Waals surface area contributed by atoms with Gasteiger partial charge in [-0.2, -0.15) is 0 Å². The monoisotopic (exact) mass is 612 g/mol. The number of aromatic amines is 2. The number of hydrogen-bond acceptors (Lipinski definition) is 12. The molecule has 16 nitrogen and oxygen atoms in total. The van der Waals surface area contributed by atoms with Crippen molar-refractivity contribution < 1.29 is 38.8 Å². The van der Waals surface area contributed by atoms with Gasteiger partial charge in [-0.05, 0) is 27.7 Å². The van der Waals surface area contributed by atoms with Crippen LogP contribution in [0, 0.1) is 13.8 Å². The first-order valence-corrected chi connectivity index (χ1v) is 14.2. The predicted molar refractivity (Wildman–Crippen MR) is 143 cm³/mol. The third kappa shape index (κ3) is 7.44. The molecule has 2 aliphatic heterocycles. The van der Waals surface area contributed by atoms with Crippen LogP contribution >= 0.6 is 8.25 Å². The van der Waals surface area contributed by atoms with E-state index in [1.165, 1.54) is 33.2 Å². The fourth-order valence-electron chi connectivity index (χ4n) is 4.51. The topological polar surface area (TPSA) is 207 Å². The Balaban J connectivity index is 1.42. The van der Waals surface area contributed by atoms with Gasteiger partial charge in [-0.15, -0.1) is 9.05 Å². The minimum Gasteiger partial charge on any atom is -0.459 e. The number of ether oxygens (including phenoxy) is 3. The van der Waals surface area contributed by atoms with Crippen LogP contribution in [0.3, 0.4) is 0 Å². The van der Waals surface area contributed by atoms with Gasteiger partial charge in [0.25, 0.3) is 11.1 Å². The van der Waals surface area contributed by atoms with Gasteiger partial charge < -0.3 is 19.0 Å². The number of carbonyl (C=O) groups is 2. The van der Waals surface area contributed by atoms with Crippen LogP contribution in [0.15, 0.2) is 31.6 Å². The number of H-pyrrole nitrogens is 2. The molecule has 2 saturated heterocycles. The summed E-state index contributed by atoms with van der Waals surface area (Å²) in [5, 5.41) is 0. The van der Waals surface area contributed by atoms with Gasteiger partial charge in [0.1, 0.15) is 43.2 Å². The Bertz CT molecular complexity index is 1620. The number of Topliss-reactive ketones (excluding diaryl/α,β-unsaturated/α-hetero) is 1. The highest BCUT2D eigenvalue weighted by Crippen LogP contribution is 2.38. The number of aromatic nitrogens is 4. The maximum absolute atomic E-state index is 12.8. The highest BCUT2D eigenvalue weighted by molar-refractivity contribution is 7.33. The second-order valence-electron chi connectivity index (χ2n) is 10.1. The second kappa shape index (κ2) is 13.2. The van der Waals surface area contributed by atoms with Crippen LogP contribution in [0.5, 0.6) is 0 Å². The molecular weight excluding hydrogens is 579 g/mol. The first kappa shape index (κ1) is 29.9. The molecule has 2 fully saturated rings. The van der Waals surface area contributed by atoms with Gasteiger partial charge >= 0.3 is 25.6 Å². The summed E-state index contributed by atoms with van der Waals surface area (Å²) in [6.07, 6.45) is -3.10. The summed E-state index contributed by atoms with van der Waals surface area (Å²) in [6.45, 7) is 3.68. The number of nitrogens with zero attached hydrogens (tertiary/aromatic N) is 2. The lowest BCUT2D eigenvalue weighted by atomic mass is 10.1. The molecule has 0 bridgehead atoms. The molecule has 0 spiro atoms. The third-order valence-corrected chi connectivity index (χ3v) is 7.61. The largest absolute Gasteiger partial charge is 0.697 e. The van der Waals surface area contributed by atoms with Crippen LogP contribution in [-0.4, -0.2) is 61.9 Å². The predicted octanol–water partition coefficient (Wildman–Crippen LogP) is 0.639. The Kier molecular flexibility index (Phi) is 9.38. The fourth-order valence-corrected chi connectivity index (χ4v) is 5.28. The van der Waals surface area contributed by atoms with Gasteiger partial charge in [0.15, 0.2) is 0 Å². The van der Waals surface area contributed by atoms with Crippen molar-refractivity contribution in [2.24, 2.45) is 0 Å². The van der Waals surface area contributed by atoms with Gasteiger partial charge in [-0.25, -0.2) is 9.59 Å². The first-order chi connectivity index (χ1) is 20.4. The Morgan fingerprint density at radius 3 is 2.12 bits per heavy atom. The maximum Gasteiger partial charge on any atom is 0.697 e. The lowest BCUT2D eigenvalue weighted by Crippen LogP contribution is -2.33. The molecule has 0 saturated carbocycles. The zero-order valence-corrected chi connectivity index (χ0v) is 24.0. The Morgan fingerprint density at radius 1 is 0.976 bits per heavy atom. The quantitative estimate of drug-likeness (QED) is 0.265. The number of ketones is 1. The highest BCUT2D eigenvalue weighted by Gasteiger charge is 2.44. The van der Waals surface area contributed by atoms with E-state index in [0.717, 1.165) is 9.13 Å². The van der Waals surface area contributed by atoms with E-state index in [1.807, 2.05) is 0 Å². The number of esters is 1. The summed E-state index contributed by atoms with van der Waals surface area (Å²) >= 11 is 0. The Morgan fingerprint density at radius 2 is 1.55 bits per heavy atom. The van der Waals surface area contributed by atoms with Gasteiger partial charge in [-0.3, -0.25) is 33.5 Å². The van der Waals surface area contributed by atoms with Crippen LogP contribution in [0.2, 0.25) is 0 Å². The van der Waals surface area contributed by atoms with Crippen molar-refractivity contribution in [1.82, 2.24) is 19.1 Å². The molecule has 4 rings (SSSR count). The summed E-state index contributed by atoms with van der Waals surface area (Å²) in [4.78, 5) is 76.2. The van der Waals surface area contributed by atoms with Crippen molar-refractivity contribution in [3.8, 4) is 0 Å². The molecule has 2 aromatic rings. The smallest absolute Gasteiger partial charge is 0.459 e. The molecule has 0 amide bonds. The molecule has 0 aromatic carbocycles. The minimum atomic E-state index is -2.83. The average molecular weight is 613 g/mol. The lowest BCUT2D eigenvalue weighted by molar-refractivity contribution is -0.153. The normalized spacial score (nSPS) is 26.2. The van der Waals surface area contributed by atoms with Crippen LogP contribution in [0.25, 0.3) is 0 Å². The number of rotatable bonds is 11. The maximum atomic E-state index is 12.8. The molecule has 42 heavy (non-hydrogen) atoms. The van der Waals surface area contributed by atoms with E-state index in [2.05, 4.69) is 9.97 Å². The van der Waals surface area contributed by atoms with E-state index in [1.54, 1.807) is 0 Å². The van der Waals surface area contributed by atoms with Crippen molar-refractivity contribution in [2.45, 2.75) is 90.2 Å². The second-order valence-corrected chi connectivity index (χ2v) is 11.0. The van der Waals surface area contributed by atoms with Gasteiger partial charge in [0, 0.05) is 48.7 Å². The van der Waals surface area contributed by atoms with E-state index < -0.39 is 80.2 Å². The molecule has 7 atom stereocenters. The lowest BCUT2D eigenvalue weighted by Gasteiger charge is -2.16. The van der Waals surface area contributed by atoms with E-state index in [4.69, 9.17) is 24.6 Å². The van der Waals surface area contributed by atoms with Crippen LogP contribution in [-0.2, 0) is 37.4 Å². The van der Waals surface area contributed by atoms with Crippen LogP contribution < -0.4 is 22.5 Å². The SMILES string of the molecule is [2H]C[C@H]1O[C@@H](n2cc(C)c(=O)[nH]c2=O)C[C@H]1O[P+](=O)OC[C@H]1O[C@@H](n2cc(C)c(=O)[nH]c2=O)C[C@H]1OC(=O)CCC(C)=O. The molecule has 2 aromatic heterocycles. The average Bonchev–Trinajstić information content (AvgIpc) is 3.53. The van der Waals surface area contributed by atoms with Crippen molar-refractivity contribution in [3.05, 3.63) is 65.2 Å². The molecule has 2 aliphatic rings. The van der Waals surface area contributed by atoms with E-state index in [-0.39, 0.29) is 49.5 Å². The first-order valence-electron chi connectivity index (χ1n) is 13.8. The Hall–Kier alpha value is -3.56. The summed E-state index contributed by atoms with van der Waals surface area (Å²) < 4.78 is 50.9. The summed E-state index contributed by atoms with van der Waals surface area (Å²) in [6, 6.07) is 0. The molecule has 1 unspecified atom stereocenters. The van der Waals surface area contributed by atoms with Gasteiger partial charge in [-0.1, -0.05) is 0 Å². The molecule has 2 N–H and O–H groups in total. The summed E-state index contributed by atoms with van der Waals surface area (Å²) in [7, 11) is -2.83. The summed E-state index contributed by atoms with van der Waals surface area (Å²) in [5.74, 6) is -0.883. The highest BCUT2D eigenvalue weighted by atomic mass is 31.1. The van der Waals surface area contributed by atoms with E-state index in [9.17, 15) is 33.3 Å². The minimum absolute atomic E-state index is 0.00470. The zero-order valence-electron chi connectivity index (χ0n) is 24.1. The number of nitrogens with one attached hydrogen (secondary N) is 2. The Labute approximate surface area is 240 Å². The van der Waals surface area contributed by atoms with Crippen molar-refractivity contribution in [2.75, 3.05) is 6.61 Å². The molecule has 0 aliphatic carbocycles. The van der Waals surface area contributed by atoms with E-state index >= 15 is 0 Å². The standard InChI is InChI=1S/C25H31N4O12P/c1-12-9-28(24(34)26-22(12)32)19-7-16(15(4)38-19)41-42(36)37-11-18-17(40-21(31)6-5-14(3)30)8-20(39-18)29-10-13(2)23(33)27-25(29)35/h9-10,15-20H,5-8,11H2,1-4H3,(H-,26,27,32,33,34,35)/p+1/t15-,16-,17-,18-,19-,20-/m1/s1/i4D.